The van der Waals surface area contributed by atoms with E-state index in [1.165, 1.54) is 6.07 Å². The number of hydrogen-bond acceptors (Lipinski definition) is 3. The van der Waals surface area contributed by atoms with E-state index in [9.17, 15) is 13.6 Å². The molecule has 140 valence electrons. The molecule has 1 aliphatic heterocycles. The van der Waals surface area contributed by atoms with Gasteiger partial charge in [0.05, 0.1) is 23.3 Å². The zero-order valence-electron chi connectivity index (χ0n) is 14.7. The second-order valence-corrected chi connectivity index (χ2v) is 6.86. The van der Waals surface area contributed by atoms with E-state index >= 15 is 0 Å². The molecule has 4 rings (SSSR count). The second kappa shape index (κ2) is 7.44. The van der Waals surface area contributed by atoms with Gasteiger partial charge in [0.15, 0.2) is 0 Å². The van der Waals surface area contributed by atoms with Gasteiger partial charge in [-0.2, -0.15) is 0 Å². The van der Waals surface area contributed by atoms with Crippen LogP contribution in [0.1, 0.15) is 24.6 Å². The number of anilines is 1. The number of aromatic nitrogens is 2. The molecule has 0 saturated carbocycles. The lowest BCUT2D eigenvalue weighted by Crippen LogP contribution is -2.39. The summed E-state index contributed by atoms with van der Waals surface area (Å²) in [6.07, 6.45) is 1.80. The van der Waals surface area contributed by atoms with Gasteiger partial charge in [-0.1, -0.05) is 12.1 Å². The molecular formula is C20H20F2N4O. The van der Waals surface area contributed by atoms with Crippen molar-refractivity contribution in [3.8, 4) is 0 Å². The lowest BCUT2D eigenvalue weighted by atomic mass is 9.96. The van der Waals surface area contributed by atoms with Crippen molar-refractivity contribution in [2.24, 2.45) is 0 Å². The molecule has 0 radical (unpaired) electrons. The molecule has 27 heavy (non-hydrogen) atoms. The van der Waals surface area contributed by atoms with Crippen LogP contribution in [0, 0.1) is 11.6 Å². The number of rotatable bonds is 4. The first-order valence-electron chi connectivity index (χ1n) is 9.00. The summed E-state index contributed by atoms with van der Waals surface area (Å²) < 4.78 is 26.6. The summed E-state index contributed by atoms with van der Waals surface area (Å²) in [7, 11) is 0. The summed E-state index contributed by atoms with van der Waals surface area (Å²) in [5, 5.41) is 2.50. The summed E-state index contributed by atoms with van der Waals surface area (Å²) in [5.74, 6) is -0.410. The third kappa shape index (κ3) is 3.98. The van der Waals surface area contributed by atoms with Crippen LogP contribution in [-0.4, -0.2) is 40.4 Å². The molecule has 1 saturated heterocycles. The van der Waals surface area contributed by atoms with E-state index < -0.39 is 11.6 Å². The monoisotopic (exact) mass is 370 g/mol. The van der Waals surface area contributed by atoms with Crippen LogP contribution < -0.4 is 5.32 Å². The van der Waals surface area contributed by atoms with E-state index in [-0.39, 0.29) is 18.1 Å². The molecule has 5 nitrogen and oxygen atoms in total. The van der Waals surface area contributed by atoms with Crippen LogP contribution in [0.3, 0.4) is 0 Å². The van der Waals surface area contributed by atoms with Crippen LogP contribution in [0.2, 0.25) is 0 Å². The summed E-state index contributed by atoms with van der Waals surface area (Å²) in [5.41, 5.74) is 2.00. The first kappa shape index (κ1) is 17.6. The highest BCUT2D eigenvalue weighted by Crippen LogP contribution is 2.27. The number of aromatic amines is 1. The van der Waals surface area contributed by atoms with Crippen molar-refractivity contribution in [3.63, 3.8) is 0 Å². The molecule has 1 amide bonds. The maximum Gasteiger partial charge on any atom is 0.238 e. The van der Waals surface area contributed by atoms with Crippen LogP contribution in [0.15, 0.2) is 42.5 Å². The number of likely N-dealkylation sites (tertiary alicyclic amines) is 1. The highest BCUT2D eigenvalue weighted by Gasteiger charge is 2.24. The molecule has 1 aliphatic rings. The molecule has 0 bridgehead atoms. The summed E-state index contributed by atoms with van der Waals surface area (Å²) in [4.78, 5) is 22.2. The minimum absolute atomic E-state index is 0.00133. The predicted molar refractivity (Wildman–Crippen MR) is 99.5 cm³/mol. The van der Waals surface area contributed by atoms with Crippen LogP contribution in [-0.2, 0) is 4.79 Å². The van der Waals surface area contributed by atoms with Gasteiger partial charge in [0, 0.05) is 12.0 Å². The van der Waals surface area contributed by atoms with Gasteiger partial charge in [-0.05, 0) is 50.2 Å². The number of piperidine rings is 1. The number of para-hydroxylation sites is 2. The molecule has 0 unspecified atom stereocenters. The number of carbonyl (C=O) groups is 1. The van der Waals surface area contributed by atoms with E-state index in [1.807, 2.05) is 29.2 Å². The lowest BCUT2D eigenvalue weighted by molar-refractivity contribution is -0.117. The van der Waals surface area contributed by atoms with Crippen molar-refractivity contribution in [2.75, 3.05) is 25.0 Å². The number of carbonyl (C=O) groups excluding carboxylic acids is 1. The van der Waals surface area contributed by atoms with Gasteiger partial charge in [0.1, 0.15) is 17.5 Å². The van der Waals surface area contributed by atoms with Gasteiger partial charge < -0.3 is 10.3 Å². The zero-order chi connectivity index (χ0) is 18.8. The van der Waals surface area contributed by atoms with E-state index in [0.29, 0.717) is 5.92 Å². The van der Waals surface area contributed by atoms with E-state index in [1.54, 1.807) is 0 Å². The van der Waals surface area contributed by atoms with Crippen molar-refractivity contribution in [1.29, 1.82) is 0 Å². The highest BCUT2D eigenvalue weighted by molar-refractivity contribution is 5.92. The molecule has 1 aromatic heterocycles. The zero-order valence-corrected chi connectivity index (χ0v) is 14.7. The van der Waals surface area contributed by atoms with Gasteiger partial charge in [0.2, 0.25) is 5.91 Å². The number of H-pyrrole nitrogens is 1. The Morgan fingerprint density at radius 1 is 1.19 bits per heavy atom. The molecule has 0 aliphatic carbocycles. The number of fused-ring (bicyclic) bond motifs is 1. The molecule has 0 spiro atoms. The predicted octanol–water partition coefficient (Wildman–Crippen LogP) is 3.66. The fourth-order valence-corrected chi connectivity index (χ4v) is 3.51. The van der Waals surface area contributed by atoms with Crippen LogP contribution in [0.5, 0.6) is 0 Å². The standard InChI is InChI=1S/C20H20F2N4O/c21-14-5-6-16(15(22)11-14)23-19(27)12-26-9-7-13(8-10-26)20-24-17-3-1-2-4-18(17)25-20/h1-6,11,13H,7-10,12H2,(H,23,27)(H,24,25). The van der Waals surface area contributed by atoms with Crippen molar-refractivity contribution >= 4 is 22.6 Å². The molecule has 2 heterocycles. The molecule has 3 aromatic rings. The maximum absolute atomic E-state index is 13.6. The Morgan fingerprint density at radius 2 is 1.96 bits per heavy atom. The Balaban J connectivity index is 1.31. The Morgan fingerprint density at radius 3 is 2.70 bits per heavy atom. The third-order valence-corrected chi connectivity index (χ3v) is 4.95. The Kier molecular flexibility index (Phi) is 4.85. The Labute approximate surface area is 155 Å². The molecular weight excluding hydrogens is 350 g/mol. The van der Waals surface area contributed by atoms with Crippen molar-refractivity contribution in [3.05, 3.63) is 59.9 Å². The van der Waals surface area contributed by atoms with Crippen LogP contribution in [0.25, 0.3) is 11.0 Å². The summed E-state index contributed by atoms with van der Waals surface area (Å²) in [6, 6.07) is 11.1. The van der Waals surface area contributed by atoms with Crippen LogP contribution >= 0.6 is 0 Å². The number of benzene rings is 2. The first-order chi connectivity index (χ1) is 13.1. The van der Waals surface area contributed by atoms with Crippen molar-refractivity contribution < 1.29 is 13.6 Å². The fourth-order valence-electron chi connectivity index (χ4n) is 3.51. The van der Waals surface area contributed by atoms with Gasteiger partial charge >= 0.3 is 0 Å². The summed E-state index contributed by atoms with van der Waals surface area (Å²) >= 11 is 0. The molecule has 1 fully saturated rings. The number of hydrogen-bond donors (Lipinski definition) is 2. The number of nitrogens with zero attached hydrogens (tertiary/aromatic N) is 2. The molecule has 2 N–H and O–H groups in total. The molecule has 2 aromatic carbocycles. The van der Waals surface area contributed by atoms with Crippen LogP contribution in [0.4, 0.5) is 14.5 Å². The number of amides is 1. The SMILES string of the molecule is O=C(CN1CCC(c2nc3ccccc3[nH]2)CC1)Nc1ccc(F)cc1F. The number of nitrogens with one attached hydrogen (secondary N) is 2. The van der Waals surface area contributed by atoms with E-state index in [0.717, 1.165) is 54.9 Å². The average molecular weight is 370 g/mol. The number of imidazole rings is 1. The van der Waals surface area contributed by atoms with Gasteiger partial charge in [-0.15, -0.1) is 0 Å². The number of halogens is 2. The first-order valence-corrected chi connectivity index (χ1v) is 9.00. The Hall–Kier alpha value is -2.80. The molecule has 0 atom stereocenters. The minimum Gasteiger partial charge on any atom is -0.342 e. The smallest absolute Gasteiger partial charge is 0.238 e. The topological polar surface area (TPSA) is 61.0 Å². The molecule has 7 heteroatoms. The minimum atomic E-state index is -0.771. The third-order valence-electron chi connectivity index (χ3n) is 4.95. The quantitative estimate of drug-likeness (QED) is 0.737. The second-order valence-electron chi connectivity index (χ2n) is 6.86. The van der Waals surface area contributed by atoms with Gasteiger partial charge in [-0.25, -0.2) is 13.8 Å². The maximum atomic E-state index is 13.6. The largest absolute Gasteiger partial charge is 0.342 e. The normalized spacial score (nSPS) is 15.9. The van der Waals surface area contributed by atoms with Crippen molar-refractivity contribution in [2.45, 2.75) is 18.8 Å². The van der Waals surface area contributed by atoms with Crippen molar-refractivity contribution in [1.82, 2.24) is 14.9 Å². The summed E-state index contributed by atoms with van der Waals surface area (Å²) in [6.45, 7) is 1.71. The van der Waals surface area contributed by atoms with Gasteiger partial charge in [-0.3, -0.25) is 9.69 Å². The van der Waals surface area contributed by atoms with E-state index in [4.69, 9.17) is 0 Å². The van der Waals surface area contributed by atoms with E-state index in [2.05, 4.69) is 15.3 Å². The Bertz CT molecular complexity index is 931. The lowest BCUT2D eigenvalue weighted by Gasteiger charge is -2.30. The average Bonchev–Trinajstić information content (AvgIpc) is 3.09. The van der Waals surface area contributed by atoms with Gasteiger partial charge in [0.25, 0.3) is 0 Å². The fraction of sp³-hybridized carbons (Fsp3) is 0.300. The highest BCUT2D eigenvalue weighted by atomic mass is 19.1.